The van der Waals surface area contributed by atoms with Gasteiger partial charge in [-0.15, -0.1) is 11.3 Å². The third-order valence-corrected chi connectivity index (χ3v) is 4.89. The van der Waals surface area contributed by atoms with Crippen LogP contribution in [0.4, 0.5) is 0 Å². The maximum Gasteiger partial charge on any atom is 0.357 e. The molecular weight excluding hydrogens is 258 g/mol. The fourth-order valence-corrected chi connectivity index (χ4v) is 3.68. The van der Waals surface area contributed by atoms with Crippen LogP contribution < -0.4 is 0 Å². The van der Waals surface area contributed by atoms with Crippen molar-refractivity contribution in [2.75, 3.05) is 7.11 Å². The van der Waals surface area contributed by atoms with Crippen molar-refractivity contribution in [1.82, 2.24) is 4.98 Å². The van der Waals surface area contributed by atoms with Gasteiger partial charge in [0.1, 0.15) is 5.01 Å². The molecule has 2 aromatic rings. The third-order valence-electron chi connectivity index (χ3n) is 3.84. The lowest BCUT2D eigenvalue weighted by Crippen LogP contribution is -2.35. The second-order valence-corrected chi connectivity index (χ2v) is 5.69. The number of methoxy groups -OCH3 is 1. The molecule has 0 saturated heterocycles. The van der Waals surface area contributed by atoms with Crippen LogP contribution in [0.5, 0.6) is 0 Å². The van der Waals surface area contributed by atoms with Gasteiger partial charge >= 0.3 is 5.97 Å². The molecule has 19 heavy (non-hydrogen) atoms. The molecule has 0 aliphatic heterocycles. The van der Waals surface area contributed by atoms with Gasteiger partial charge in [0.15, 0.2) is 5.69 Å². The van der Waals surface area contributed by atoms with Gasteiger partial charge in [0, 0.05) is 10.8 Å². The van der Waals surface area contributed by atoms with Gasteiger partial charge in [0.2, 0.25) is 0 Å². The summed E-state index contributed by atoms with van der Waals surface area (Å²) in [5.41, 5.74) is 1.73. The number of nitrogens with zero attached hydrogens (tertiary/aromatic N) is 1. The molecule has 98 valence electrons. The smallest absolute Gasteiger partial charge is 0.357 e. The maximum absolute atomic E-state index is 11.5. The number of carbonyl (C=O) groups excluding carboxylic acids is 1. The Morgan fingerprint density at radius 1 is 1.32 bits per heavy atom. The van der Waals surface area contributed by atoms with Gasteiger partial charge in [0.25, 0.3) is 0 Å². The first-order valence-corrected chi connectivity index (χ1v) is 7.24. The normalized spacial score (nSPS) is 16.7. The Balaban J connectivity index is 1.99. The molecule has 1 aromatic heterocycles. The van der Waals surface area contributed by atoms with Gasteiger partial charge in [-0.25, -0.2) is 9.78 Å². The van der Waals surface area contributed by atoms with Gasteiger partial charge in [-0.2, -0.15) is 0 Å². The molecule has 0 N–H and O–H groups in total. The summed E-state index contributed by atoms with van der Waals surface area (Å²) in [7, 11) is 1.39. The second-order valence-electron chi connectivity index (χ2n) is 4.83. The van der Waals surface area contributed by atoms with Crippen LogP contribution in [-0.4, -0.2) is 18.1 Å². The molecule has 0 spiro atoms. The lowest BCUT2D eigenvalue weighted by Gasteiger charge is -2.40. The second kappa shape index (κ2) is 4.78. The van der Waals surface area contributed by atoms with E-state index in [2.05, 4.69) is 29.2 Å². The number of hydrogen-bond donors (Lipinski definition) is 0. The largest absolute Gasteiger partial charge is 0.464 e. The van der Waals surface area contributed by atoms with Crippen molar-refractivity contribution in [2.45, 2.75) is 24.7 Å². The van der Waals surface area contributed by atoms with E-state index in [0.29, 0.717) is 5.69 Å². The Kier molecular flexibility index (Phi) is 3.11. The molecule has 0 bridgehead atoms. The summed E-state index contributed by atoms with van der Waals surface area (Å²) in [5.74, 6) is -0.356. The predicted octanol–water partition coefficient (Wildman–Crippen LogP) is 3.40. The molecule has 1 aliphatic rings. The van der Waals surface area contributed by atoms with Crippen molar-refractivity contribution < 1.29 is 9.53 Å². The Morgan fingerprint density at radius 3 is 2.63 bits per heavy atom. The first-order valence-electron chi connectivity index (χ1n) is 6.36. The summed E-state index contributed by atoms with van der Waals surface area (Å²) in [6, 6.07) is 10.4. The quantitative estimate of drug-likeness (QED) is 0.805. The average Bonchev–Trinajstić information content (AvgIpc) is 2.88. The summed E-state index contributed by atoms with van der Waals surface area (Å²) in [6.45, 7) is 0. The summed E-state index contributed by atoms with van der Waals surface area (Å²) in [4.78, 5) is 16.0. The highest BCUT2D eigenvalue weighted by Crippen LogP contribution is 2.49. The number of carbonyl (C=O) groups is 1. The molecule has 4 heteroatoms. The number of benzene rings is 1. The highest BCUT2D eigenvalue weighted by molar-refractivity contribution is 7.10. The zero-order valence-electron chi connectivity index (χ0n) is 10.8. The summed E-state index contributed by atoms with van der Waals surface area (Å²) in [5, 5.41) is 2.83. The molecule has 0 unspecified atom stereocenters. The van der Waals surface area contributed by atoms with Gasteiger partial charge in [-0.05, 0) is 18.4 Å². The van der Waals surface area contributed by atoms with E-state index in [9.17, 15) is 4.79 Å². The van der Waals surface area contributed by atoms with Crippen LogP contribution in [0.25, 0.3) is 0 Å². The van der Waals surface area contributed by atoms with E-state index >= 15 is 0 Å². The highest BCUT2D eigenvalue weighted by Gasteiger charge is 2.43. The van der Waals surface area contributed by atoms with Crippen LogP contribution in [-0.2, 0) is 10.2 Å². The lowest BCUT2D eigenvalue weighted by molar-refractivity contribution is 0.0594. The number of aromatic nitrogens is 1. The zero-order chi connectivity index (χ0) is 13.3. The lowest BCUT2D eigenvalue weighted by atomic mass is 9.65. The standard InChI is InChI=1S/C15H15NO2S/c1-18-13(17)12-10-19-14(16-12)15(8-5-9-15)11-6-3-2-4-7-11/h2-4,6-7,10H,5,8-9H2,1H3. The first-order chi connectivity index (χ1) is 9.26. The molecule has 0 amide bonds. The molecule has 0 radical (unpaired) electrons. The van der Waals surface area contributed by atoms with Gasteiger partial charge in [-0.3, -0.25) is 0 Å². The predicted molar refractivity (Wildman–Crippen MR) is 74.5 cm³/mol. The number of esters is 1. The van der Waals surface area contributed by atoms with E-state index in [1.165, 1.54) is 19.1 Å². The number of rotatable bonds is 3. The number of thiazole rings is 1. The van der Waals surface area contributed by atoms with Crippen molar-refractivity contribution in [3.63, 3.8) is 0 Å². The van der Waals surface area contributed by atoms with Gasteiger partial charge in [-0.1, -0.05) is 36.8 Å². The van der Waals surface area contributed by atoms with E-state index in [0.717, 1.165) is 17.8 Å². The fraction of sp³-hybridized carbons (Fsp3) is 0.333. The highest BCUT2D eigenvalue weighted by atomic mass is 32.1. The number of ether oxygens (including phenoxy) is 1. The van der Waals surface area contributed by atoms with E-state index < -0.39 is 0 Å². The fourth-order valence-electron chi connectivity index (χ4n) is 2.61. The first kappa shape index (κ1) is 12.4. The minimum atomic E-state index is -0.356. The van der Waals surface area contributed by atoms with Crippen molar-refractivity contribution in [3.05, 3.63) is 52.0 Å². The Morgan fingerprint density at radius 2 is 2.05 bits per heavy atom. The van der Waals surface area contributed by atoms with E-state index in [1.807, 2.05) is 6.07 Å². The van der Waals surface area contributed by atoms with Crippen molar-refractivity contribution in [1.29, 1.82) is 0 Å². The molecule has 3 rings (SSSR count). The Bertz CT molecular complexity index is 587. The van der Waals surface area contributed by atoms with Crippen LogP contribution in [0.3, 0.4) is 0 Å². The molecule has 1 saturated carbocycles. The molecular formula is C15H15NO2S. The monoisotopic (exact) mass is 273 g/mol. The van der Waals surface area contributed by atoms with Crippen LogP contribution in [0.1, 0.15) is 40.3 Å². The zero-order valence-corrected chi connectivity index (χ0v) is 11.6. The Hall–Kier alpha value is -1.68. The SMILES string of the molecule is COC(=O)c1csc(C2(c3ccccc3)CCC2)n1. The van der Waals surface area contributed by atoms with Crippen molar-refractivity contribution in [3.8, 4) is 0 Å². The third kappa shape index (κ3) is 1.96. The molecule has 0 atom stereocenters. The van der Waals surface area contributed by atoms with Crippen molar-refractivity contribution >= 4 is 17.3 Å². The minimum absolute atomic E-state index is 0.0121. The topological polar surface area (TPSA) is 39.2 Å². The summed E-state index contributed by atoms with van der Waals surface area (Å²) in [6.07, 6.45) is 3.41. The summed E-state index contributed by atoms with van der Waals surface area (Å²) >= 11 is 1.56. The van der Waals surface area contributed by atoms with Crippen molar-refractivity contribution in [2.24, 2.45) is 0 Å². The van der Waals surface area contributed by atoms with Gasteiger partial charge < -0.3 is 4.74 Å². The average molecular weight is 273 g/mol. The molecule has 3 nitrogen and oxygen atoms in total. The Labute approximate surface area is 116 Å². The molecule has 1 heterocycles. The minimum Gasteiger partial charge on any atom is -0.464 e. The molecule has 1 fully saturated rings. The summed E-state index contributed by atoms with van der Waals surface area (Å²) < 4.78 is 4.72. The number of hydrogen-bond acceptors (Lipinski definition) is 4. The van der Waals surface area contributed by atoms with Crippen LogP contribution in [0, 0.1) is 0 Å². The maximum atomic E-state index is 11.5. The molecule has 1 aliphatic carbocycles. The molecule has 1 aromatic carbocycles. The van der Waals surface area contributed by atoms with Crippen LogP contribution in [0.15, 0.2) is 35.7 Å². The van der Waals surface area contributed by atoms with E-state index in [-0.39, 0.29) is 11.4 Å². The van der Waals surface area contributed by atoms with Crippen LogP contribution >= 0.6 is 11.3 Å². The van der Waals surface area contributed by atoms with Crippen LogP contribution in [0.2, 0.25) is 0 Å². The van der Waals surface area contributed by atoms with Gasteiger partial charge in [0.05, 0.1) is 7.11 Å². The van der Waals surface area contributed by atoms with E-state index in [4.69, 9.17) is 4.74 Å². The van der Waals surface area contributed by atoms with E-state index in [1.54, 1.807) is 16.7 Å².